The van der Waals surface area contributed by atoms with Gasteiger partial charge >= 0.3 is 0 Å². The normalized spacial score (nSPS) is 19.1. The van der Waals surface area contributed by atoms with E-state index in [0.717, 1.165) is 84.6 Å². The zero-order valence-corrected chi connectivity index (χ0v) is 22.3. The minimum atomic E-state index is -0.214. The summed E-state index contributed by atoms with van der Waals surface area (Å²) in [6.45, 7) is 2.68. The fraction of sp³-hybridized carbons (Fsp3) is 0.300. The van der Waals surface area contributed by atoms with Crippen molar-refractivity contribution in [1.82, 2.24) is 34.9 Å². The van der Waals surface area contributed by atoms with Crippen molar-refractivity contribution in [3.63, 3.8) is 0 Å². The van der Waals surface area contributed by atoms with E-state index in [1.165, 1.54) is 6.07 Å². The van der Waals surface area contributed by atoms with E-state index in [4.69, 9.17) is 15.1 Å². The molecule has 0 saturated carbocycles. The molecule has 2 aliphatic heterocycles. The summed E-state index contributed by atoms with van der Waals surface area (Å²) in [6, 6.07) is 19.2. The molecule has 202 valence electrons. The lowest BCUT2D eigenvalue weighted by molar-refractivity contribution is 0.616. The number of imidazole rings is 1. The van der Waals surface area contributed by atoms with Gasteiger partial charge < -0.3 is 15.1 Å². The molecule has 0 aliphatic carbocycles. The molecule has 1 N–H and O–H groups in total. The molecule has 0 radical (unpaired) electrons. The summed E-state index contributed by atoms with van der Waals surface area (Å²) in [4.78, 5) is 23.4. The van der Waals surface area contributed by atoms with Crippen molar-refractivity contribution in [1.29, 1.82) is 0 Å². The largest absolute Gasteiger partial charge is 0.348 e. The van der Waals surface area contributed by atoms with Crippen molar-refractivity contribution >= 4 is 17.4 Å². The van der Waals surface area contributed by atoms with Crippen molar-refractivity contribution < 1.29 is 4.39 Å². The van der Waals surface area contributed by atoms with Crippen LogP contribution in [-0.2, 0) is 0 Å². The molecule has 0 amide bonds. The Hall–Kier alpha value is -4.44. The van der Waals surface area contributed by atoms with Gasteiger partial charge in [-0.25, -0.2) is 28.8 Å². The molecule has 5 aromatic rings. The van der Waals surface area contributed by atoms with Gasteiger partial charge in [0.15, 0.2) is 5.65 Å². The van der Waals surface area contributed by atoms with Crippen molar-refractivity contribution in [3.8, 4) is 22.8 Å². The molecular weight excluding hydrogens is 505 g/mol. The molecule has 0 bridgehead atoms. The van der Waals surface area contributed by atoms with Crippen LogP contribution in [0.4, 0.5) is 16.2 Å². The zero-order valence-electron chi connectivity index (χ0n) is 22.3. The first-order valence-electron chi connectivity index (χ1n) is 13.8. The summed E-state index contributed by atoms with van der Waals surface area (Å²) >= 11 is 0. The Morgan fingerprint density at radius 1 is 0.900 bits per heavy atom. The molecule has 2 aliphatic rings. The maximum absolute atomic E-state index is 14.0. The molecule has 0 spiro atoms. The average Bonchev–Trinajstić information content (AvgIpc) is 3.77. The van der Waals surface area contributed by atoms with Gasteiger partial charge in [0.05, 0.1) is 29.3 Å². The summed E-state index contributed by atoms with van der Waals surface area (Å²) in [7, 11) is 1.99. The van der Waals surface area contributed by atoms with Gasteiger partial charge in [-0.2, -0.15) is 0 Å². The molecule has 7 rings (SSSR count). The smallest absolute Gasteiger partial charge is 0.225 e. The fourth-order valence-corrected chi connectivity index (χ4v) is 5.83. The van der Waals surface area contributed by atoms with Crippen LogP contribution in [0.2, 0.25) is 0 Å². The second-order valence-corrected chi connectivity index (χ2v) is 10.4. The van der Waals surface area contributed by atoms with E-state index in [9.17, 15) is 4.39 Å². The molecule has 4 aromatic heterocycles. The van der Waals surface area contributed by atoms with Crippen molar-refractivity contribution in [2.24, 2.45) is 0 Å². The van der Waals surface area contributed by atoms with Crippen LogP contribution in [0.25, 0.3) is 28.4 Å². The summed E-state index contributed by atoms with van der Waals surface area (Å²) in [5, 5.41) is 8.32. The standard InChI is InChI=1S/C30H30FN9/c1-32-22-13-16-38(19-22)30-33-14-12-24(36-30)23-7-3-8-25(35-23)27-18-34-28-10-11-29(37-40(27)28)39-15-4-9-26(39)20-5-2-6-21(31)17-20/h2-3,5-8,10-12,14,17-18,22,26,32H,4,9,13,15-16,19H2,1H3/t22-,26-/m1/s1. The minimum absolute atomic E-state index is 0.0834. The molecule has 40 heavy (non-hydrogen) atoms. The van der Waals surface area contributed by atoms with Gasteiger partial charge in [-0.05, 0) is 74.3 Å². The maximum atomic E-state index is 14.0. The first-order valence-corrected chi connectivity index (χ1v) is 13.8. The van der Waals surface area contributed by atoms with Crippen LogP contribution >= 0.6 is 0 Å². The predicted octanol–water partition coefficient (Wildman–Crippen LogP) is 4.53. The molecular formula is C30H30FN9. The number of aromatic nitrogens is 6. The van der Waals surface area contributed by atoms with Crippen molar-refractivity contribution in [2.75, 3.05) is 36.5 Å². The van der Waals surface area contributed by atoms with E-state index >= 15 is 0 Å². The Kier molecular flexibility index (Phi) is 6.31. The summed E-state index contributed by atoms with van der Waals surface area (Å²) < 4.78 is 15.8. The number of rotatable bonds is 6. The Balaban J connectivity index is 1.20. The van der Waals surface area contributed by atoms with Gasteiger partial charge in [0.1, 0.15) is 17.3 Å². The highest BCUT2D eigenvalue weighted by molar-refractivity contribution is 5.65. The Labute approximate surface area is 231 Å². The third-order valence-electron chi connectivity index (χ3n) is 7.92. The van der Waals surface area contributed by atoms with Crippen LogP contribution < -0.4 is 15.1 Å². The number of hydrogen-bond acceptors (Lipinski definition) is 8. The number of likely N-dealkylation sites (N-methyl/N-ethyl adjacent to an activating group) is 1. The lowest BCUT2D eigenvalue weighted by Crippen LogP contribution is -2.30. The van der Waals surface area contributed by atoms with Crippen LogP contribution in [0.5, 0.6) is 0 Å². The molecule has 2 saturated heterocycles. The van der Waals surface area contributed by atoms with Gasteiger partial charge in [0, 0.05) is 31.9 Å². The second kappa shape index (κ2) is 10.3. The summed E-state index contributed by atoms with van der Waals surface area (Å²) in [5.41, 5.74) is 4.81. The lowest BCUT2D eigenvalue weighted by atomic mass is 10.0. The van der Waals surface area contributed by atoms with Crippen LogP contribution in [-0.4, -0.2) is 62.3 Å². The number of anilines is 2. The minimum Gasteiger partial charge on any atom is -0.348 e. The highest BCUT2D eigenvalue weighted by Gasteiger charge is 2.28. The Bertz CT molecular complexity index is 1670. The van der Waals surface area contributed by atoms with Gasteiger partial charge in [-0.15, -0.1) is 5.10 Å². The van der Waals surface area contributed by atoms with E-state index in [-0.39, 0.29) is 11.9 Å². The quantitative estimate of drug-likeness (QED) is 0.340. The summed E-state index contributed by atoms with van der Waals surface area (Å²) in [6.07, 6.45) is 6.65. The molecule has 9 nitrogen and oxygen atoms in total. The van der Waals surface area contributed by atoms with Crippen molar-refractivity contribution in [3.05, 3.63) is 84.4 Å². The molecule has 1 aromatic carbocycles. The summed E-state index contributed by atoms with van der Waals surface area (Å²) in [5.74, 6) is 1.34. The van der Waals surface area contributed by atoms with E-state index in [1.54, 1.807) is 24.5 Å². The van der Waals surface area contributed by atoms with Gasteiger partial charge in [0.2, 0.25) is 5.95 Å². The van der Waals surface area contributed by atoms with Gasteiger partial charge in [0.25, 0.3) is 0 Å². The number of halogens is 1. The molecule has 6 heterocycles. The van der Waals surface area contributed by atoms with Crippen molar-refractivity contribution in [2.45, 2.75) is 31.3 Å². The first kappa shape index (κ1) is 24.6. The number of pyridine rings is 1. The highest BCUT2D eigenvalue weighted by Crippen LogP contribution is 2.36. The van der Waals surface area contributed by atoms with Crippen LogP contribution in [0.15, 0.2) is 73.1 Å². The molecule has 0 unspecified atom stereocenters. The molecule has 10 heteroatoms. The number of benzene rings is 1. The van der Waals surface area contributed by atoms with Gasteiger partial charge in [-0.1, -0.05) is 18.2 Å². The average molecular weight is 536 g/mol. The van der Waals surface area contributed by atoms with Crippen LogP contribution in [0.3, 0.4) is 0 Å². The van der Waals surface area contributed by atoms with E-state index < -0.39 is 0 Å². The molecule has 2 fully saturated rings. The third kappa shape index (κ3) is 4.54. The SMILES string of the molecule is CN[C@@H]1CCN(c2nccc(-c3cccc(-c4cnc5ccc(N6CCC[C@@H]6c6cccc(F)c6)nn45)n3)n2)C1. The topological polar surface area (TPSA) is 87.4 Å². The van der Waals surface area contributed by atoms with E-state index in [0.29, 0.717) is 6.04 Å². The Morgan fingerprint density at radius 3 is 2.65 bits per heavy atom. The Morgan fingerprint density at radius 2 is 1.77 bits per heavy atom. The van der Waals surface area contributed by atoms with E-state index in [2.05, 4.69) is 25.1 Å². The molecule has 2 atom stereocenters. The van der Waals surface area contributed by atoms with Gasteiger partial charge in [-0.3, -0.25) is 0 Å². The first-order chi connectivity index (χ1) is 19.7. The fourth-order valence-electron chi connectivity index (χ4n) is 5.83. The lowest BCUT2D eigenvalue weighted by Gasteiger charge is -2.26. The van der Waals surface area contributed by atoms with E-state index in [1.807, 2.05) is 54.0 Å². The van der Waals surface area contributed by atoms with Crippen LogP contribution in [0.1, 0.15) is 30.9 Å². The van der Waals surface area contributed by atoms with Crippen LogP contribution in [0, 0.1) is 5.82 Å². The highest BCUT2D eigenvalue weighted by atomic mass is 19.1. The third-order valence-corrected chi connectivity index (χ3v) is 7.92. The number of fused-ring (bicyclic) bond motifs is 1. The monoisotopic (exact) mass is 535 g/mol. The number of hydrogen-bond donors (Lipinski definition) is 1. The maximum Gasteiger partial charge on any atom is 0.225 e. The number of nitrogens with zero attached hydrogens (tertiary/aromatic N) is 8. The predicted molar refractivity (Wildman–Crippen MR) is 153 cm³/mol. The second-order valence-electron chi connectivity index (χ2n) is 10.4. The zero-order chi connectivity index (χ0) is 27.1. The number of nitrogens with one attached hydrogen (secondary N) is 1.